The van der Waals surface area contributed by atoms with E-state index in [9.17, 15) is 5.11 Å². The first-order valence-corrected chi connectivity index (χ1v) is 7.20. The highest BCUT2D eigenvalue weighted by Gasteiger charge is 2.09. The van der Waals surface area contributed by atoms with Crippen molar-refractivity contribution in [3.8, 4) is 11.6 Å². The molecule has 1 aromatic heterocycles. The van der Waals surface area contributed by atoms with Crippen LogP contribution in [-0.2, 0) is 5.75 Å². The molecule has 0 fully saturated rings. The first-order valence-electron chi connectivity index (χ1n) is 6.15. The standard InChI is InChI=1S/C14H18N2OS/c1-3-11(2)18-10-12-9-14(17)16(15-12)13-7-5-4-6-8-13/h4-9,11,17H,3,10H2,1-2H3. The predicted molar refractivity (Wildman–Crippen MR) is 76.3 cm³/mol. The summed E-state index contributed by atoms with van der Waals surface area (Å²) < 4.78 is 1.58. The first kappa shape index (κ1) is 13.0. The SMILES string of the molecule is CCC(C)SCc1cc(O)n(-c2ccccc2)n1. The van der Waals surface area contributed by atoms with Gasteiger partial charge in [-0.3, -0.25) is 0 Å². The molecule has 0 aliphatic carbocycles. The molecule has 0 amide bonds. The fourth-order valence-electron chi connectivity index (χ4n) is 1.59. The molecule has 0 spiro atoms. The second-order valence-electron chi connectivity index (χ2n) is 4.27. The van der Waals surface area contributed by atoms with Gasteiger partial charge in [-0.15, -0.1) is 0 Å². The molecule has 4 heteroatoms. The van der Waals surface area contributed by atoms with Gasteiger partial charge in [0.2, 0.25) is 5.88 Å². The molecule has 0 aliphatic rings. The zero-order valence-corrected chi connectivity index (χ0v) is 11.5. The molecule has 2 aromatic rings. The normalized spacial score (nSPS) is 12.6. The topological polar surface area (TPSA) is 38.0 Å². The average molecular weight is 262 g/mol. The lowest BCUT2D eigenvalue weighted by Gasteiger charge is -2.05. The summed E-state index contributed by atoms with van der Waals surface area (Å²) in [5.74, 6) is 1.03. The van der Waals surface area contributed by atoms with Gasteiger partial charge in [0.05, 0.1) is 11.4 Å². The highest BCUT2D eigenvalue weighted by Crippen LogP contribution is 2.23. The van der Waals surface area contributed by atoms with Crippen LogP contribution in [0.5, 0.6) is 5.88 Å². The van der Waals surface area contributed by atoms with Crippen LogP contribution in [0.3, 0.4) is 0 Å². The Morgan fingerprint density at radius 2 is 2.06 bits per heavy atom. The minimum Gasteiger partial charge on any atom is -0.493 e. The van der Waals surface area contributed by atoms with Crippen molar-refractivity contribution in [1.29, 1.82) is 0 Å². The Labute approximate surface area is 112 Å². The van der Waals surface area contributed by atoms with E-state index in [0.29, 0.717) is 5.25 Å². The number of rotatable bonds is 5. The third kappa shape index (κ3) is 3.07. The van der Waals surface area contributed by atoms with Crippen LogP contribution < -0.4 is 0 Å². The van der Waals surface area contributed by atoms with E-state index in [2.05, 4.69) is 18.9 Å². The lowest BCUT2D eigenvalue weighted by molar-refractivity contribution is 0.433. The van der Waals surface area contributed by atoms with E-state index in [4.69, 9.17) is 0 Å². The summed E-state index contributed by atoms with van der Waals surface area (Å²) in [6.07, 6.45) is 1.15. The molecule has 1 unspecified atom stereocenters. The molecule has 1 N–H and O–H groups in total. The van der Waals surface area contributed by atoms with Crippen LogP contribution in [0.15, 0.2) is 36.4 Å². The van der Waals surface area contributed by atoms with E-state index in [0.717, 1.165) is 23.6 Å². The van der Waals surface area contributed by atoms with Gasteiger partial charge in [0.25, 0.3) is 0 Å². The third-order valence-electron chi connectivity index (χ3n) is 2.83. The van der Waals surface area contributed by atoms with Crippen LogP contribution in [0.2, 0.25) is 0 Å². The van der Waals surface area contributed by atoms with Gasteiger partial charge in [-0.25, -0.2) is 4.68 Å². The Balaban J connectivity index is 2.12. The van der Waals surface area contributed by atoms with Crippen molar-refractivity contribution in [3.63, 3.8) is 0 Å². The van der Waals surface area contributed by atoms with E-state index < -0.39 is 0 Å². The molecule has 0 aliphatic heterocycles. The number of thioether (sulfide) groups is 1. The van der Waals surface area contributed by atoms with Crippen molar-refractivity contribution in [2.45, 2.75) is 31.3 Å². The molecule has 1 heterocycles. The minimum absolute atomic E-state index is 0.195. The van der Waals surface area contributed by atoms with Gasteiger partial charge in [-0.05, 0) is 18.6 Å². The van der Waals surface area contributed by atoms with Gasteiger partial charge in [-0.1, -0.05) is 32.0 Å². The van der Waals surface area contributed by atoms with Gasteiger partial charge >= 0.3 is 0 Å². The van der Waals surface area contributed by atoms with Gasteiger partial charge < -0.3 is 5.11 Å². The maximum Gasteiger partial charge on any atom is 0.214 e. The zero-order valence-electron chi connectivity index (χ0n) is 10.7. The van der Waals surface area contributed by atoms with Crippen molar-refractivity contribution >= 4 is 11.8 Å². The lowest BCUT2D eigenvalue weighted by Crippen LogP contribution is -1.97. The molecule has 0 saturated carbocycles. The van der Waals surface area contributed by atoms with Gasteiger partial charge in [0, 0.05) is 17.1 Å². The summed E-state index contributed by atoms with van der Waals surface area (Å²) in [4.78, 5) is 0. The van der Waals surface area contributed by atoms with Crippen LogP contribution in [-0.4, -0.2) is 20.1 Å². The molecule has 0 saturated heterocycles. The number of nitrogens with zero attached hydrogens (tertiary/aromatic N) is 2. The second-order valence-corrected chi connectivity index (χ2v) is 5.70. The molecule has 1 aromatic carbocycles. The number of para-hydroxylation sites is 1. The average Bonchev–Trinajstić information content (AvgIpc) is 2.78. The number of aromatic hydroxyl groups is 1. The summed E-state index contributed by atoms with van der Waals surface area (Å²) >= 11 is 1.86. The van der Waals surface area contributed by atoms with Crippen molar-refractivity contribution in [2.75, 3.05) is 0 Å². The Morgan fingerprint density at radius 3 is 2.72 bits per heavy atom. The molecule has 0 radical (unpaired) electrons. The van der Waals surface area contributed by atoms with Crippen molar-refractivity contribution in [3.05, 3.63) is 42.1 Å². The Bertz CT molecular complexity index is 496. The number of aromatic nitrogens is 2. The summed E-state index contributed by atoms with van der Waals surface area (Å²) in [7, 11) is 0. The molecule has 18 heavy (non-hydrogen) atoms. The van der Waals surface area contributed by atoms with Crippen molar-refractivity contribution in [1.82, 2.24) is 9.78 Å². The monoisotopic (exact) mass is 262 g/mol. The van der Waals surface area contributed by atoms with Crippen molar-refractivity contribution < 1.29 is 5.11 Å². The molecule has 1 atom stereocenters. The highest BCUT2D eigenvalue weighted by atomic mass is 32.2. The Hall–Kier alpha value is -1.42. The van der Waals surface area contributed by atoms with Crippen LogP contribution in [0.25, 0.3) is 5.69 Å². The summed E-state index contributed by atoms with van der Waals surface area (Å²) in [5, 5.41) is 15.0. The molecular formula is C14H18N2OS. The van der Waals surface area contributed by atoms with Crippen LogP contribution >= 0.6 is 11.8 Å². The minimum atomic E-state index is 0.195. The predicted octanol–water partition coefficient (Wildman–Crippen LogP) is 3.61. The second kappa shape index (κ2) is 5.96. The highest BCUT2D eigenvalue weighted by molar-refractivity contribution is 7.99. The van der Waals surface area contributed by atoms with E-state index >= 15 is 0 Å². The quantitative estimate of drug-likeness (QED) is 0.894. The largest absolute Gasteiger partial charge is 0.493 e. The third-order valence-corrected chi connectivity index (χ3v) is 4.20. The number of hydrogen-bond acceptors (Lipinski definition) is 3. The van der Waals surface area contributed by atoms with Gasteiger partial charge in [-0.2, -0.15) is 16.9 Å². The maximum absolute atomic E-state index is 9.90. The summed E-state index contributed by atoms with van der Waals surface area (Å²) in [6.45, 7) is 4.39. The lowest BCUT2D eigenvalue weighted by atomic mass is 10.3. The van der Waals surface area contributed by atoms with Crippen LogP contribution in [0, 0.1) is 0 Å². The van der Waals surface area contributed by atoms with Crippen LogP contribution in [0.4, 0.5) is 0 Å². The molecule has 3 nitrogen and oxygen atoms in total. The Kier molecular flexibility index (Phi) is 4.31. The maximum atomic E-state index is 9.90. The molecular weight excluding hydrogens is 244 g/mol. The summed E-state index contributed by atoms with van der Waals surface area (Å²) in [6, 6.07) is 11.4. The van der Waals surface area contributed by atoms with Gasteiger partial charge in [0.1, 0.15) is 0 Å². The summed E-state index contributed by atoms with van der Waals surface area (Å²) in [5.41, 5.74) is 1.80. The van der Waals surface area contributed by atoms with E-state index in [1.807, 2.05) is 42.1 Å². The number of benzene rings is 1. The van der Waals surface area contributed by atoms with Crippen LogP contribution in [0.1, 0.15) is 26.0 Å². The number of hydrogen-bond donors (Lipinski definition) is 1. The van der Waals surface area contributed by atoms with Crippen molar-refractivity contribution in [2.24, 2.45) is 0 Å². The van der Waals surface area contributed by atoms with E-state index in [1.165, 1.54) is 0 Å². The molecule has 0 bridgehead atoms. The fraction of sp³-hybridized carbons (Fsp3) is 0.357. The molecule has 2 rings (SSSR count). The van der Waals surface area contributed by atoms with E-state index in [-0.39, 0.29) is 5.88 Å². The zero-order chi connectivity index (χ0) is 13.0. The fourth-order valence-corrected chi connectivity index (χ4v) is 2.43. The Morgan fingerprint density at radius 1 is 1.33 bits per heavy atom. The van der Waals surface area contributed by atoms with E-state index in [1.54, 1.807) is 10.7 Å². The molecule has 96 valence electrons. The van der Waals surface area contributed by atoms with Gasteiger partial charge in [0.15, 0.2) is 0 Å². The first-order chi connectivity index (χ1) is 8.70. The smallest absolute Gasteiger partial charge is 0.214 e.